The highest BCUT2D eigenvalue weighted by atomic mass is 32.2. The minimum absolute atomic E-state index is 0.0893. The number of nitrogens with zero attached hydrogens (tertiary/aromatic N) is 2. The van der Waals surface area contributed by atoms with E-state index >= 15 is 0 Å². The van der Waals surface area contributed by atoms with Crippen LogP contribution in [0.3, 0.4) is 0 Å². The third kappa shape index (κ3) is 3.89. The Bertz CT molecular complexity index is 1470. The summed E-state index contributed by atoms with van der Waals surface area (Å²) in [6, 6.07) is 24.4. The SMILES string of the molecule is N#C/C(C(=O)c1c[nH]c2ccccc12)=C1\S[C@@H](Cc2ccc(F)cc2)C(=O)N1c1ccccc1. The van der Waals surface area contributed by atoms with Crippen LogP contribution in [0.25, 0.3) is 10.9 Å². The number of allylic oxidation sites excluding steroid dienone is 1. The molecule has 7 heteroatoms. The topological polar surface area (TPSA) is 77.0 Å². The van der Waals surface area contributed by atoms with Crippen molar-refractivity contribution in [2.24, 2.45) is 0 Å². The predicted molar refractivity (Wildman–Crippen MR) is 131 cm³/mol. The molecule has 2 heterocycles. The van der Waals surface area contributed by atoms with Crippen LogP contribution in [-0.4, -0.2) is 21.9 Å². The predicted octanol–water partition coefficient (Wildman–Crippen LogP) is 5.62. The molecule has 1 saturated heterocycles. The van der Waals surface area contributed by atoms with Crippen molar-refractivity contribution >= 4 is 40.0 Å². The van der Waals surface area contributed by atoms with E-state index in [2.05, 4.69) is 11.1 Å². The van der Waals surface area contributed by atoms with Gasteiger partial charge in [0.1, 0.15) is 22.5 Å². The molecule has 0 unspecified atom stereocenters. The van der Waals surface area contributed by atoms with Gasteiger partial charge in [-0.15, -0.1) is 0 Å². The molecule has 1 atom stereocenters. The molecule has 0 bridgehead atoms. The number of hydrogen-bond acceptors (Lipinski definition) is 4. The Kier molecular flexibility index (Phi) is 5.74. The molecule has 0 aliphatic carbocycles. The number of rotatable bonds is 5. The molecular weight excluding hydrogens is 449 g/mol. The zero-order valence-corrected chi connectivity index (χ0v) is 18.7. The van der Waals surface area contributed by atoms with Crippen LogP contribution in [0.1, 0.15) is 15.9 Å². The van der Waals surface area contributed by atoms with Crippen LogP contribution in [0.5, 0.6) is 0 Å². The zero-order valence-electron chi connectivity index (χ0n) is 17.9. The molecule has 0 radical (unpaired) electrons. The molecule has 1 aliphatic rings. The van der Waals surface area contributed by atoms with Crippen molar-refractivity contribution in [1.82, 2.24) is 4.98 Å². The third-order valence-electron chi connectivity index (χ3n) is 5.69. The molecule has 1 aromatic heterocycles. The van der Waals surface area contributed by atoms with Gasteiger partial charge in [0.2, 0.25) is 11.7 Å². The third-order valence-corrected chi connectivity index (χ3v) is 6.95. The number of hydrogen-bond donors (Lipinski definition) is 1. The summed E-state index contributed by atoms with van der Waals surface area (Å²) in [6.07, 6.45) is 1.94. The van der Waals surface area contributed by atoms with Crippen molar-refractivity contribution in [3.05, 3.63) is 113 Å². The van der Waals surface area contributed by atoms with E-state index < -0.39 is 11.0 Å². The maximum Gasteiger partial charge on any atom is 0.245 e. The van der Waals surface area contributed by atoms with Crippen LogP contribution >= 0.6 is 11.8 Å². The summed E-state index contributed by atoms with van der Waals surface area (Å²) in [7, 11) is 0. The molecule has 166 valence electrons. The lowest BCUT2D eigenvalue weighted by Crippen LogP contribution is -2.30. The fourth-order valence-electron chi connectivity index (χ4n) is 4.03. The molecule has 3 aromatic carbocycles. The second-order valence-electron chi connectivity index (χ2n) is 7.82. The molecule has 1 aliphatic heterocycles. The van der Waals surface area contributed by atoms with Gasteiger partial charge in [0.05, 0.1) is 5.25 Å². The molecule has 0 saturated carbocycles. The first-order chi connectivity index (χ1) is 16.6. The van der Waals surface area contributed by atoms with Crippen LogP contribution in [0.4, 0.5) is 10.1 Å². The summed E-state index contributed by atoms with van der Waals surface area (Å²) in [5.74, 6) is -1.02. The van der Waals surface area contributed by atoms with Crippen molar-refractivity contribution in [2.75, 3.05) is 4.90 Å². The van der Waals surface area contributed by atoms with E-state index in [9.17, 15) is 19.2 Å². The van der Waals surface area contributed by atoms with Crippen molar-refractivity contribution in [3.63, 3.8) is 0 Å². The average Bonchev–Trinajstić information content (AvgIpc) is 3.43. The molecule has 5 nitrogen and oxygen atoms in total. The Morgan fingerprint density at radius 1 is 1.03 bits per heavy atom. The number of H-pyrrole nitrogens is 1. The molecule has 34 heavy (non-hydrogen) atoms. The van der Waals surface area contributed by atoms with E-state index in [0.29, 0.717) is 28.1 Å². The minimum atomic E-state index is -0.556. The van der Waals surface area contributed by atoms with Crippen LogP contribution in [0.15, 0.2) is 95.7 Å². The van der Waals surface area contributed by atoms with Gasteiger partial charge >= 0.3 is 0 Å². The first kappa shape index (κ1) is 21.7. The number of nitriles is 1. The number of carbonyl (C=O) groups excluding carboxylic acids is 2. The number of thioether (sulfide) groups is 1. The second kappa shape index (κ2) is 9.00. The minimum Gasteiger partial charge on any atom is -0.360 e. The van der Waals surface area contributed by atoms with E-state index in [1.165, 1.54) is 28.8 Å². The van der Waals surface area contributed by atoms with E-state index in [1.54, 1.807) is 42.6 Å². The molecule has 1 amide bonds. The number of aromatic nitrogens is 1. The number of ketones is 1. The Hall–Kier alpha value is -4.15. The number of halogens is 1. The van der Waals surface area contributed by atoms with Gasteiger partial charge in [0.25, 0.3) is 0 Å². The van der Waals surface area contributed by atoms with Crippen molar-refractivity contribution in [1.29, 1.82) is 5.26 Å². The molecule has 0 spiro atoms. The van der Waals surface area contributed by atoms with Gasteiger partial charge in [-0.05, 0) is 42.3 Å². The Balaban J connectivity index is 1.59. The summed E-state index contributed by atoms with van der Waals surface area (Å²) >= 11 is 1.19. The van der Waals surface area contributed by atoms with Gasteiger partial charge in [-0.3, -0.25) is 14.5 Å². The van der Waals surface area contributed by atoms with Crippen molar-refractivity contribution in [2.45, 2.75) is 11.7 Å². The van der Waals surface area contributed by atoms with E-state index in [1.807, 2.05) is 30.3 Å². The quantitative estimate of drug-likeness (QED) is 0.235. The Morgan fingerprint density at radius 2 is 1.74 bits per heavy atom. The van der Waals surface area contributed by atoms with Crippen molar-refractivity contribution < 1.29 is 14.0 Å². The fraction of sp³-hybridized carbons (Fsp3) is 0.0741. The van der Waals surface area contributed by atoms with Gasteiger partial charge in [0.15, 0.2) is 0 Å². The smallest absolute Gasteiger partial charge is 0.245 e. The maximum absolute atomic E-state index is 13.5. The van der Waals surface area contributed by atoms with E-state index in [-0.39, 0.29) is 17.3 Å². The number of carbonyl (C=O) groups is 2. The van der Waals surface area contributed by atoms with E-state index in [0.717, 1.165) is 11.1 Å². The van der Waals surface area contributed by atoms with Crippen LogP contribution in [0.2, 0.25) is 0 Å². The molecule has 4 aromatic rings. The zero-order chi connectivity index (χ0) is 23.7. The molecular formula is C27H18FN3O2S. The molecule has 1 fully saturated rings. The highest BCUT2D eigenvalue weighted by Crippen LogP contribution is 2.42. The number of para-hydroxylation sites is 2. The van der Waals surface area contributed by atoms with Gasteiger partial charge in [0, 0.05) is 28.4 Å². The lowest BCUT2D eigenvalue weighted by Gasteiger charge is -2.18. The summed E-state index contributed by atoms with van der Waals surface area (Å²) in [5.41, 5.74) is 2.45. The summed E-state index contributed by atoms with van der Waals surface area (Å²) < 4.78 is 13.3. The number of aromatic amines is 1. The standard InChI is InChI=1S/C27H18FN3O2S/c28-18-12-10-17(11-13-18)14-24-26(33)31(19-6-2-1-3-7-19)27(34-24)21(15-29)25(32)22-16-30-23-9-5-4-8-20(22)23/h1-13,16,24,30H,14H2/b27-21+/t24-/m0/s1. The monoisotopic (exact) mass is 467 g/mol. The highest BCUT2D eigenvalue weighted by Gasteiger charge is 2.41. The molecule has 5 rings (SSSR count). The fourth-order valence-corrected chi connectivity index (χ4v) is 5.34. The van der Waals surface area contributed by atoms with E-state index in [4.69, 9.17) is 0 Å². The maximum atomic E-state index is 13.5. The van der Waals surface area contributed by atoms with Gasteiger partial charge in [-0.25, -0.2) is 4.39 Å². The van der Waals surface area contributed by atoms with Gasteiger partial charge in [-0.1, -0.05) is 60.3 Å². The number of anilines is 1. The number of benzene rings is 3. The Morgan fingerprint density at radius 3 is 2.47 bits per heavy atom. The summed E-state index contributed by atoms with van der Waals surface area (Å²) in [6.45, 7) is 0. The highest BCUT2D eigenvalue weighted by molar-refractivity contribution is 8.05. The van der Waals surface area contributed by atoms with Crippen LogP contribution in [0, 0.1) is 17.1 Å². The lowest BCUT2D eigenvalue weighted by molar-refractivity contribution is -0.117. The number of nitrogens with one attached hydrogen (secondary N) is 1. The van der Waals surface area contributed by atoms with Crippen molar-refractivity contribution in [3.8, 4) is 6.07 Å². The van der Waals surface area contributed by atoms with Gasteiger partial charge < -0.3 is 4.98 Å². The first-order valence-electron chi connectivity index (χ1n) is 10.6. The van der Waals surface area contributed by atoms with Crippen LogP contribution < -0.4 is 4.90 Å². The largest absolute Gasteiger partial charge is 0.360 e. The molecule has 1 N–H and O–H groups in total. The summed E-state index contributed by atoms with van der Waals surface area (Å²) in [4.78, 5) is 31.5. The summed E-state index contributed by atoms with van der Waals surface area (Å²) in [5, 5.41) is 10.5. The Labute approximate surface area is 199 Å². The van der Waals surface area contributed by atoms with Gasteiger partial charge in [-0.2, -0.15) is 5.26 Å². The average molecular weight is 468 g/mol. The van der Waals surface area contributed by atoms with Crippen LogP contribution in [-0.2, 0) is 11.2 Å². The second-order valence-corrected chi connectivity index (χ2v) is 9.01. The first-order valence-corrected chi connectivity index (χ1v) is 11.5. The lowest BCUT2D eigenvalue weighted by atomic mass is 10.0. The normalized spacial score (nSPS) is 17.1. The number of Topliss-reactive ketones (excluding diaryl/α,β-unsaturated/α-hetero) is 1. The number of fused-ring (bicyclic) bond motifs is 1. The number of amides is 1.